The van der Waals surface area contributed by atoms with E-state index in [9.17, 15) is 29.9 Å². The summed E-state index contributed by atoms with van der Waals surface area (Å²) in [4.78, 5) is 48.9. The van der Waals surface area contributed by atoms with Gasteiger partial charge in [-0.15, -0.1) is 0 Å². The molecular weight excluding hydrogens is 470 g/mol. The Kier molecular flexibility index (Phi) is 7.23. The molecular formula is C19H15N7O7S. The van der Waals surface area contributed by atoms with E-state index in [-0.39, 0.29) is 28.5 Å². The van der Waals surface area contributed by atoms with Crippen molar-refractivity contribution < 1.29 is 29.5 Å². The normalized spacial score (nSPS) is 11.3. The van der Waals surface area contributed by atoms with Gasteiger partial charge in [-0.25, -0.2) is 14.6 Å². The second-order valence-electron chi connectivity index (χ2n) is 6.50. The molecule has 1 unspecified atom stereocenters. The molecule has 0 aliphatic carbocycles. The summed E-state index contributed by atoms with van der Waals surface area (Å²) in [6, 6.07) is 3.86. The first-order chi connectivity index (χ1) is 16.2. The highest BCUT2D eigenvalue weighted by Gasteiger charge is 2.31. The number of hydrogen-bond donors (Lipinski definition) is 4. The number of rotatable bonds is 10. The van der Waals surface area contributed by atoms with Gasteiger partial charge in [-0.3, -0.25) is 10.1 Å². The SMILES string of the molecule is CSc1nc(NC(Cc2c[nH]cn2)C(=O)O)c([N+](=O)[O-])c(Oc2ccc(C#N)c(C(=O)O)c2)n1. The number of hydrogen-bond acceptors (Lipinski definition) is 11. The Morgan fingerprint density at radius 3 is 2.71 bits per heavy atom. The van der Waals surface area contributed by atoms with Gasteiger partial charge < -0.3 is 25.3 Å². The number of thioether (sulfide) groups is 1. The third-order valence-electron chi connectivity index (χ3n) is 4.33. The van der Waals surface area contributed by atoms with Crippen LogP contribution in [0.4, 0.5) is 11.5 Å². The van der Waals surface area contributed by atoms with E-state index in [0.717, 1.165) is 17.8 Å². The summed E-state index contributed by atoms with van der Waals surface area (Å²) < 4.78 is 5.51. The van der Waals surface area contributed by atoms with Crippen molar-refractivity contribution in [2.75, 3.05) is 11.6 Å². The molecule has 0 saturated carbocycles. The van der Waals surface area contributed by atoms with Gasteiger partial charge in [-0.1, -0.05) is 11.8 Å². The van der Waals surface area contributed by atoms with Crippen molar-refractivity contribution in [1.82, 2.24) is 19.9 Å². The van der Waals surface area contributed by atoms with Gasteiger partial charge in [0.1, 0.15) is 17.9 Å². The number of carboxylic acid groups (broad SMARTS) is 2. The van der Waals surface area contributed by atoms with Crippen molar-refractivity contribution in [2.45, 2.75) is 17.6 Å². The Hall–Kier alpha value is -4.71. The maximum Gasteiger partial charge on any atom is 0.373 e. The van der Waals surface area contributed by atoms with Crippen LogP contribution in [0.15, 0.2) is 35.9 Å². The van der Waals surface area contributed by atoms with Crippen LogP contribution in [0.3, 0.4) is 0 Å². The predicted octanol–water partition coefficient (Wildman–Crippen LogP) is 2.30. The minimum Gasteiger partial charge on any atom is -0.480 e. The van der Waals surface area contributed by atoms with Gasteiger partial charge >= 0.3 is 23.5 Å². The third-order valence-corrected chi connectivity index (χ3v) is 4.88. The first kappa shape index (κ1) is 23.9. The summed E-state index contributed by atoms with van der Waals surface area (Å²) in [6.45, 7) is 0. The summed E-state index contributed by atoms with van der Waals surface area (Å²) >= 11 is 1.02. The van der Waals surface area contributed by atoms with E-state index in [0.29, 0.717) is 5.69 Å². The molecule has 0 aliphatic rings. The van der Waals surface area contributed by atoms with E-state index in [1.165, 1.54) is 24.7 Å². The van der Waals surface area contributed by atoms with Crippen LogP contribution in [0.25, 0.3) is 0 Å². The number of aliphatic carboxylic acids is 1. The van der Waals surface area contributed by atoms with Crippen LogP contribution < -0.4 is 10.1 Å². The minimum atomic E-state index is -1.39. The molecule has 14 nitrogen and oxygen atoms in total. The van der Waals surface area contributed by atoms with Crippen molar-refractivity contribution >= 4 is 35.2 Å². The first-order valence-electron chi connectivity index (χ1n) is 9.26. The van der Waals surface area contributed by atoms with Gasteiger partial charge in [-0.2, -0.15) is 15.2 Å². The number of ether oxygens (including phenoxy) is 1. The molecule has 0 spiro atoms. The highest BCUT2D eigenvalue weighted by atomic mass is 32.2. The topological polar surface area (TPSA) is 217 Å². The van der Waals surface area contributed by atoms with E-state index < -0.39 is 40.3 Å². The molecule has 4 N–H and O–H groups in total. The molecule has 0 amide bonds. The molecule has 1 aromatic carbocycles. The third kappa shape index (κ3) is 5.37. The molecule has 0 aliphatic heterocycles. The number of aromatic carboxylic acids is 1. The maximum absolute atomic E-state index is 11.9. The predicted molar refractivity (Wildman–Crippen MR) is 116 cm³/mol. The zero-order valence-corrected chi connectivity index (χ0v) is 18.1. The van der Waals surface area contributed by atoms with Gasteiger partial charge in [0.05, 0.1) is 28.1 Å². The van der Waals surface area contributed by atoms with Crippen molar-refractivity contribution in [2.24, 2.45) is 0 Å². The minimum absolute atomic E-state index is 0.0270. The van der Waals surface area contributed by atoms with Gasteiger partial charge in [-0.05, 0) is 24.5 Å². The van der Waals surface area contributed by atoms with Crippen LogP contribution in [0.2, 0.25) is 0 Å². The smallest absolute Gasteiger partial charge is 0.373 e. The largest absolute Gasteiger partial charge is 0.480 e. The summed E-state index contributed by atoms with van der Waals surface area (Å²) in [6.07, 6.45) is 4.33. The fraction of sp³-hybridized carbons (Fsp3) is 0.158. The number of anilines is 1. The van der Waals surface area contributed by atoms with E-state index >= 15 is 0 Å². The number of carboxylic acids is 2. The van der Waals surface area contributed by atoms with Crippen LogP contribution in [0.5, 0.6) is 11.6 Å². The van der Waals surface area contributed by atoms with Gasteiger partial charge in [0.15, 0.2) is 5.16 Å². The fourth-order valence-electron chi connectivity index (χ4n) is 2.79. The quantitative estimate of drug-likeness (QED) is 0.140. The summed E-state index contributed by atoms with van der Waals surface area (Å²) in [5.74, 6) is -3.79. The van der Waals surface area contributed by atoms with E-state index in [1.807, 2.05) is 0 Å². The molecule has 2 aromatic heterocycles. The molecule has 34 heavy (non-hydrogen) atoms. The summed E-state index contributed by atoms with van der Waals surface area (Å²) in [7, 11) is 0. The number of H-pyrrole nitrogens is 1. The van der Waals surface area contributed by atoms with Crippen LogP contribution in [0, 0.1) is 21.4 Å². The number of imidazole rings is 1. The van der Waals surface area contributed by atoms with E-state index in [2.05, 4.69) is 25.3 Å². The van der Waals surface area contributed by atoms with Gasteiger partial charge in [0, 0.05) is 12.6 Å². The number of benzene rings is 1. The second-order valence-corrected chi connectivity index (χ2v) is 7.27. The number of aromatic nitrogens is 4. The summed E-state index contributed by atoms with van der Waals surface area (Å²) in [5, 5.41) is 42.4. The van der Waals surface area contributed by atoms with Crippen LogP contribution in [-0.4, -0.2) is 59.3 Å². The zero-order valence-electron chi connectivity index (χ0n) is 17.3. The van der Waals surface area contributed by atoms with Gasteiger partial charge in [0.25, 0.3) is 0 Å². The average Bonchev–Trinajstić information content (AvgIpc) is 3.31. The molecule has 0 saturated heterocycles. The monoisotopic (exact) mass is 485 g/mol. The highest BCUT2D eigenvalue weighted by molar-refractivity contribution is 7.98. The van der Waals surface area contributed by atoms with E-state index in [1.54, 1.807) is 12.3 Å². The number of nitriles is 1. The number of aromatic amines is 1. The lowest BCUT2D eigenvalue weighted by Crippen LogP contribution is -2.32. The summed E-state index contributed by atoms with van der Waals surface area (Å²) in [5.41, 5.74) is -0.860. The van der Waals surface area contributed by atoms with Crippen molar-refractivity contribution in [1.29, 1.82) is 5.26 Å². The standard InChI is InChI=1S/C19H15N7O7S/c1-34-19-24-15(23-13(18(29)30)4-10-7-21-8-22-10)14(26(31)32)16(25-19)33-11-3-2-9(6-20)12(5-11)17(27)28/h2-3,5,7-8,13H,4H2,1H3,(H,21,22)(H,27,28)(H,29,30)(H,23,24,25). The number of nitro groups is 1. The van der Waals surface area contributed by atoms with Gasteiger partial charge in [0.2, 0.25) is 5.82 Å². The lowest BCUT2D eigenvalue weighted by molar-refractivity contribution is -0.385. The molecule has 0 fully saturated rings. The first-order valence-corrected chi connectivity index (χ1v) is 10.5. The highest BCUT2D eigenvalue weighted by Crippen LogP contribution is 2.37. The zero-order chi connectivity index (χ0) is 24.8. The molecule has 15 heteroatoms. The Balaban J connectivity index is 2.05. The molecule has 0 bridgehead atoms. The number of nitrogens with zero attached hydrogens (tertiary/aromatic N) is 5. The molecule has 174 valence electrons. The number of nitrogens with one attached hydrogen (secondary N) is 2. The Morgan fingerprint density at radius 1 is 1.38 bits per heavy atom. The Labute approximate surface area is 194 Å². The van der Waals surface area contributed by atoms with Crippen molar-refractivity contribution in [3.05, 3.63) is 57.7 Å². The van der Waals surface area contributed by atoms with Crippen molar-refractivity contribution in [3.8, 4) is 17.7 Å². The lowest BCUT2D eigenvalue weighted by Gasteiger charge is -2.16. The fourth-order valence-corrected chi connectivity index (χ4v) is 3.15. The van der Waals surface area contributed by atoms with Crippen LogP contribution in [0.1, 0.15) is 21.6 Å². The van der Waals surface area contributed by atoms with Crippen LogP contribution >= 0.6 is 11.8 Å². The molecule has 1 atom stereocenters. The molecule has 3 aromatic rings. The molecule has 2 heterocycles. The lowest BCUT2D eigenvalue weighted by atomic mass is 10.1. The Bertz CT molecular complexity index is 1290. The maximum atomic E-state index is 11.9. The second kappa shape index (κ2) is 10.3. The van der Waals surface area contributed by atoms with Crippen molar-refractivity contribution in [3.63, 3.8) is 0 Å². The van der Waals surface area contributed by atoms with Crippen LogP contribution in [-0.2, 0) is 11.2 Å². The van der Waals surface area contributed by atoms with E-state index in [4.69, 9.17) is 10.00 Å². The molecule has 3 rings (SSSR count). The number of carbonyl (C=O) groups is 2. The average molecular weight is 485 g/mol. The molecule has 0 radical (unpaired) electrons. The Morgan fingerprint density at radius 2 is 2.15 bits per heavy atom.